The van der Waals surface area contributed by atoms with Crippen LogP contribution in [0.5, 0.6) is 0 Å². The van der Waals surface area contributed by atoms with E-state index in [1.807, 2.05) is 39.0 Å². The SMILES string of the molecule is CC(C)=Nc1ccc(CC=O)cc1C. The standard InChI is InChI=1S/C12H15NO/c1-9(2)13-12-5-4-11(6-7-14)8-10(12)3/h4-5,7-8H,6H2,1-3H3. The maximum atomic E-state index is 10.3. The first-order valence-corrected chi connectivity index (χ1v) is 4.68. The molecule has 0 aromatic heterocycles. The van der Waals surface area contributed by atoms with Crippen LogP contribution in [0.25, 0.3) is 0 Å². The molecular weight excluding hydrogens is 174 g/mol. The molecule has 0 saturated carbocycles. The van der Waals surface area contributed by atoms with Crippen molar-refractivity contribution in [3.05, 3.63) is 29.3 Å². The molecule has 0 spiro atoms. The lowest BCUT2D eigenvalue weighted by atomic mass is 10.1. The van der Waals surface area contributed by atoms with Crippen LogP contribution in [0.1, 0.15) is 25.0 Å². The van der Waals surface area contributed by atoms with E-state index >= 15 is 0 Å². The summed E-state index contributed by atoms with van der Waals surface area (Å²) in [5, 5.41) is 0. The van der Waals surface area contributed by atoms with Crippen molar-refractivity contribution in [1.29, 1.82) is 0 Å². The van der Waals surface area contributed by atoms with Gasteiger partial charge in [-0.15, -0.1) is 0 Å². The largest absolute Gasteiger partial charge is 0.303 e. The Hall–Kier alpha value is -1.44. The average Bonchev–Trinajstić information content (AvgIpc) is 2.10. The minimum atomic E-state index is 0.482. The topological polar surface area (TPSA) is 29.4 Å². The number of rotatable bonds is 3. The average molecular weight is 189 g/mol. The predicted octanol–water partition coefficient (Wildman–Crippen LogP) is 2.85. The van der Waals surface area contributed by atoms with Gasteiger partial charge in [0.15, 0.2) is 0 Å². The Kier molecular flexibility index (Phi) is 3.57. The molecule has 0 fully saturated rings. The van der Waals surface area contributed by atoms with E-state index in [1.54, 1.807) is 0 Å². The molecule has 0 unspecified atom stereocenters. The number of aldehydes is 1. The number of benzene rings is 1. The monoisotopic (exact) mass is 189 g/mol. The van der Waals surface area contributed by atoms with Crippen LogP contribution in [0.15, 0.2) is 23.2 Å². The summed E-state index contributed by atoms with van der Waals surface area (Å²) in [6.07, 6.45) is 1.40. The molecule has 14 heavy (non-hydrogen) atoms. The predicted molar refractivity (Wildman–Crippen MR) is 59.4 cm³/mol. The minimum Gasteiger partial charge on any atom is -0.303 e. The Balaban J connectivity index is 3.01. The van der Waals surface area contributed by atoms with Gasteiger partial charge in [-0.05, 0) is 38.0 Å². The van der Waals surface area contributed by atoms with Crippen molar-refractivity contribution in [1.82, 2.24) is 0 Å². The summed E-state index contributed by atoms with van der Waals surface area (Å²) in [5.74, 6) is 0. The summed E-state index contributed by atoms with van der Waals surface area (Å²) >= 11 is 0. The highest BCUT2D eigenvalue weighted by atomic mass is 16.1. The summed E-state index contributed by atoms with van der Waals surface area (Å²) < 4.78 is 0. The summed E-state index contributed by atoms with van der Waals surface area (Å²) in [4.78, 5) is 14.7. The van der Waals surface area contributed by atoms with Crippen molar-refractivity contribution < 1.29 is 4.79 Å². The third-order valence-corrected chi connectivity index (χ3v) is 1.92. The first-order valence-electron chi connectivity index (χ1n) is 4.68. The van der Waals surface area contributed by atoms with Gasteiger partial charge in [-0.1, -0.05) is 12.1 Å². The summed E-state index contributed by atoms with van der Waals surface area (Å²) in [6, 6.07) is 5.92. The van der Waals surface area contributed by atoms with Gasteiger partial charge in [0.05, 0.1) is 5.69 Å². The van der Waals surface area contributed by atoms with Crippen molar-refractivity contribution >= 4 is 17.7 Å². The van der Waals surface area contributed by atoms with E-state index < -0.39 is 0 Å². The Morgan fingerprint density at radius 3 is 2.64 bits per heavy atom. The molecule has 74 valence electrons. The van der Waals surface area contributed by atoms with Gasteiger partial charge in [0.25, 0.3) is 0 Å². The van der Waals surface area contributed by atoms with E-state index in [-0.39, 0.29) is 0 Å². The van der Waals surface area contributed by atoms with Crippen LogP contribution in [-0.4, -0.2) is 12.0 Å². The van der Waals surface area contributed by atoms with Crippen LogP contribution < -0.4 is 0 Å². The van der Waals surface area contributed by atoms with Gasteiger partial charge < -0.3 is 4.79 Å². The highest BCUT2D eigenvalue weighted by Crippen LogP contribution is 2.20. The first kappa shape index (κ1) is 10.6. The van der Waals surface area contributed by atoms with E-state index in [2.05, 4.69) is 4.99 Å². The zero-order valence-corrected chi connectivity index (χ0v) is 8.87. The van der Waals surface area contributed by atoms with Gasteiger partial charge in [-0.25, -0.2) is 0 Å². The molecule has 0 amide bonds. The molecule has 0 bridgehead atoms. The van der Waals surface area contributed by atoms with E-state index in [4.69, 9.17) is 0 Å². The fourth-order valence-corrected chi connectivity index (χ4v) is 1.31. The van der Waals surface area contributed by atoms with Gasteiger partial charge in [0, 0.05) is 12.1 Å². The van der Waals surface area contributed by atoms with Gasteiger partial charge >= 0.3 is 0 Å². The molecule has 2 nitrogen and oxygen atoms in total. The van der Waals surface area contributed by atoms with Crippen molar-refractivity contribution in [3.8, 4) is 0 Å². The van der Waals surface area contributed by atoms with E-state index in [0.29, 0.717) is 6.42 Å². The van der Waals surface area contributed by atoms with E-state index in [1.165, 1.54) is 0 Å². The second-order valence-electron chi connectivity index (χ2n) is 3.55. The second-order valence-corrected chi connectivity index (χ2v) is 3.55. The lowest BCUT2D eigenvalue weighted by Crippen LogP contribution is -1.87. The third-order valence-electron chi connectivity index (χ3n) is 1.92. The third kappa shape index (κ3) is 2.80. The van der Waals surface area contributed by atoms with Crippen LogP contribution in [0.3, 0.4) is 0 Å². The lowest BCUT2D eigenvalue weighted by molar-refractivity contribution is -0.107. The molecule has 1 rings (SSSR count). The molecule has 1 aromatic carbocycles. The minimum absolute atomic E-state index is 0.482. The maximum Gasteiger partial charge on any atom is 0.124 e. The molecule has 2 heteroatoms. The van der Waals surface area contributed by atoms with Gasteiger partial charge in [0.1, 0.15) is 6.29 Å². The summed E-state index contributed by atoms with van der Waals surface area (Å²) in [6.45, 7) is 5.95. The highest BCUT2D eigenvalue weighted by Gasteiger charge is 1.98. The van der Waals surface area contributed by atoms with Crippen molar-refractivity contribution in [2.24, 2.45) is 4.99 Å². The quantitative estimate of drug-likeness (QED) is 0.531. The Morgan fingerprint density at radius 1 is 1.43 bits per heavy atom. The molecule has 0 aliphatic rings. The van der Waals surface area contributed by atoms with Crippen LogP contribution >= 0.6 is 0 Å². The van der Waals surface area contributed by atoms with Gasteiger partial charge in [-0.2, -0.15) is 0 Å². The number of aryl methyl sites for hydroxylation is 1. The van der Waals surface area contributed by atoms with E-state index in [0.717, 1.165) is 28.8 Å². The zero-order valence-electron chi connectivity index (χ0n) is 8.87. The van der Waals surface area contributed by atoms with E-state index in [9.17, 15) is 4.79 Å². The second kappa shape index (κ2) is 4.70. The maximum absolute atomic E-state index is 10.3. The Morgan fingerprint density at radius 2 is 2.14 bits per heavy atom. The van der Waals surface area contributed by atoms with Crippen LogP contribution in [0.4, 0.5) is 5.69 Å². The molecule has 0 atom stereocenters. The lowest BCUT2D eigenvalue weighted by Gasteiger charge is -2.03. The van der Waals surface area contributed by atoms with Crippen molar-refractivity contribution in [3.63, 3.8) is 0 Å². The van der Waals surface area contributed by atoms with Gasteiger partial charge in [-0.3, -0.25) is 4.99 Å². The molecule has 0 N–H and O–H groups in total. The molecule has 1 aromatic rings. The summed E-state index contributed by atoms with van der Waals surface area (Å²) in [5.41, 5.74) is 4.19. The zero-order chi connectivity index (χ0) is 10.6. The van der Waals surface area contributed by atoms with Crippen LogP contribution in [0.2, 0.25) is 0 Å². The Labute approximate surface area is 84.7 Å². The Bertz CT molecular complexity index is 363. The fourth-order valence-electron chi connectivity index (χ4n) is 1.31. The number of carbonyl (C=O) groups is 1. The van der Waals surface area contributed by atoms with Crippen molar-refractivity contribution in [2.75, 3.05) is 0 Å². The highest BCUT2D eigenvalue weighted by molar-refractivity contribution is 5.82. The molecule has 0 aliphatic carbocycles. The molecule has 0 saturated heterocycles. The first-order chi connectivity index (χ1) is 6.63. The van der Waals surface area contributed by atoms with Gasteiger partial charge in [0.2, 0.25) is 0 Å². The number of carbonyl (C=O) groups excluding carboxylic acids is 1. The number of nitrogens with zero attached hydrogens (tertiary/aromatic N) is 1. The summed E-state index contributed by atoms with van der Waals surface area (Å²) in [7, 11) is 0. The van der Waals surface area contributed by atoms with Crippen LogP contribution in [-0.2, 0) is 11.2 Å². The number of aliphatic imine (C=N–C) groups is 1. The van der Waals surface area contributed by atoms with Crippen molar-refractivity contribution in [2.45, 2.75) is 27.2 Å². The smallest absolute Gasteiger partial charge is 0.124 e. The number of hydrogen-bond donors (Lipinski definition) is 0. The number of hydrogen-bond acceptors (Lipinski definition) is 2. The molecule has 0 heterocycles. The normalized spacial score (nSPS) is 9.64. The molecule has 0 aliphatic heterocycles. The molecular formula is C12H15NO. The fraction of sp³-hybridized carbons (Fsp3) is 0.333. The van der Waals surface area contributed by atoms with Crippen LogP contribution in [0, 0.1) is 6.92 Å². The molecule has 0 radical (unpaired) electrons.